The van der Waals surface area contributed by atoms with Crippen molar-refractivity contribution in [1.82, 2.24) is 14.7 Å². The third-order valence-electron chi connectivity index (χ3n) is 6.25. The first-order chi connectivity index (χ1) is 15.3. The Labute approximate surface area is 192 Å². The molecule has 0 bridgehead atoms. The molecule has 2 aromatic carbocycles. The van der Waals surface area contributed by atoms with E-state index in [1.165, 1.54) is 16.0 Å². The molecular weight excluding hydrogens is 400 g/mol. The first-order valence-electron chi connectivity index (χ1n) is 11.4. The number of hydrogen-bond donors (Lipinski definition) is 1. The van der Waals surface area contributed by atoms with Crippen molar-refractivity contribution in [3.63, 3.8) is 0 Å². The second-order valence-electron chi connectivity index (χ2n) is 8.90. The largest absolute Gasteiger partial charge is 0.335 e. The molecule has 0 unspecified atom stereocenters. The second-order valence-corrected chi connectivity index (χ2v) is 8.90. The van der Waals surface area contributed by atoms with Crippen molar-refractivity contribution in [1.29, 1.82) is 0 Å². The van der Waals surface area contributed by atoms with Gasteiger partial charge in [-0.15, -0.1) is 0 Å². The number of amides is 2. The highest BCUT2D eigenvalue weighted by atomic mass is 16.2. The molecule has 6 nitrogen and oxygen atoms in total. The van der Waals surface area contributed by atoms with E-state index in [0.29, 0.717) is 6.54 Å². The molecule has 1 fully saturated rings. The molecule has 0 aliphatic carbocycles. The molecule has 0 aromatic heterocycles. The summed E-state index contributed by atoms with van der Waals surface area (Å²) >= 11 is 0. The number of nitrogens with zero attached hydrogens (tertiary/aromatic N) is 3. The average molecular weight is 437 g/mol. The monoisotopic (exact) mass is 436 g/mol. The summed E-state index contributed by atoms with van der Waals surface area (Å²) in [7, 11) is 1.70. The van der Waals surface area contributed by atoms with Gasteiger partial charge in [0.15, 0.2) is 0 Å². The molecule has 1 aliphatic rings. The van der Waals surface area contributed by atoms with E-state index in [0.717, 1.165) is 56.0 Å². The number of para-hydroxylation sites is 1. The number of rotatable bonds is 7. The minimum Gasteiger partial charge on any atom is -0.335 e. The molecule has 1 N–H and O–H groups in total. The summed E-state index contributed by atoms with van der Waals surface area (Å²) < 4.78 is 0. The van der Waals surface area contributed by atoms with E-state index in [-0.39, 0.29) is 18.4 Å². The Morgan fingerprint density at radius 2 is 1.50 bits per heavy atom. The van der Waals surface area contributed by atoms with Crippen molar-refractivity contribution < 1.29 is 9.59 Å². The van der Waals surface area contributed by atoms with Crippen LogP contribution in [0.1, 0.15) is 28.7 Å². The second kappa shape index (κ2) is 11.2. The quantitative estimate of drug-likeness (QED) is 0.724. The van der Waals surface area contributed by atoms with Gasteiger partial charge in [0.05, 0.1) is 13.1 Å². The van der Waals surface area contributed by atoms with Gasteiger partial charge < -0.3 is 10.2 Å². The van der Waals surface area contributed by atoms with Crippen molar-refractivity contribution in [2.45, 2.75) is 33.7 Å². The number of hydrogen-bond acceptors (Lipinski definition) is 4. The van der Waals surface area contributed by atoms with Crippen molar-refractivity contribution in [3.8, 4) is 0 Å². The summed E-state index contributed by atoms with van der Waals surface area (Å²) in [5, 5.41) is 2.96. The molecule has 0 saturated carbocycles. The molecule has 6 heteroatoms. The van der Waals surface area contributed by atoms with Gasteiger partial charge in [0.2, 0.25) is 11.8 Å². The third kappa shape index (κ3) is 6.65. The third-order valence-corrected chi connectivity index (χ3v) is 6.25. The first-order valence-corrected chi connectivity index (χ1v) is 11.4. The average Bonchev–Trinajstić information content (AvgIpc) is 2.97. The number of carbonyl (C=O) groups is 2. The molecule has 1 aliphatic heterocycles. The number of aryl methyl sites for hydroxylation is 3. The molecule has 1 heterocycles. The lowest BCUT2D eigenvalue weighted by atomic mass is 10.1. The molecule has 0 spiro atoms. The Kier molecular flexibility index (Phi) is 8.42. The molecule has 0 atom stereocenters. The molecule has 0 radical (unpaired) electrons. The van der Waals surface area contributed by atoms with Gasteiger partial charge in [-0.3, -0.25) is 19.4 Å². The van der Waals surface area contributed by atoms with E-state index >= 15 is 0 Å². The minimum atomic E-state index is -0.168. The Bertz CT molecular complexity index is 923. The van der Waals surface area contributed by atoms with Crippen LogP contribution in [0.3, 0.4) is 0 Å². The summed E-state index contributed by atoms with van der Waals surface area (Å²) in [4.78, 5) is 31.5. The Morgan fingerprint density at radius 1 is 0.875 bits per heavy atom. The van der Waals surface area contributed by atoms with Gasteiger partial charge in [0, 0.05) is 32.4 Å². The van der Waals surface area contributed by atoms with E-state index in [2.05, 4.69) is 46.3 Å². The highest BCUT2D eigenvalue weighted by Crippen LogP contribution is 2.19. The van der Waals surface area contributed by atoms with Crippen LogP contribution in [-0.4, -0.2) is 72.8 Å². The maximum Gasteiger partial charge on any atom is 0.243 e. The topological polar surface area (TPSA) is 55.9 Å². The predicted octanol–water partition coefficient (Wildman–Crippen LogP) is 3.22. The molecule has 32 heavy (non-hydrogen) atoms. The van der Waals surface area contributed by atoms with Crippen molar-refractivity contribution >= 4 is 17.5 Å². The van der Waals surface area contributed by atoms with E-state index in [1.807, 2.05) is 32.0 Å². The van der Waals surface area contributed by atoms with Gasteiger partial charge in [-0.05, 0) is 62.5 Å². The lowest BCUT2D eigenvalue weighted by Gasteiger charge is -2.24. The summed E-state index contributed by atoms with van der Waals surface area (Å²) in [6.07, 6.45) is 1.04. The summed E-state index contributed by atoms with van der Waals surface area (Å²) in [5.74, 6) is -0.187. The van der Waals surface area contributed by atoms with Gasteiger partial charge in [0.1, 0.15) is 0 Å². The van der Waals surface area contributed by atoms with E-state index in [4.69, 9.17) is 0 Å². The van der Waals surface area contributed by atoms with Crippen molar-refractivity contribution in [3.05, 3.63) is 64.7 Å². The summed E-state index contributed by atoms with van der Waals surface area (Å²) in [6, 6.07) is 14.4. The first kappa shape index (κ1) is 24.0. The zero-order chi connectivity index (χ0) is 23.1. The number of nitrogens with one attached hydrogen (secondary N) is 1. The number of anilines is 1. The van der Waals surface area contributed by atoms with Crippen molar-refractivity contribution in [2.75, 3.05) is 51.6 Å². The van der Waals surface area contributed by atoms with Crippen LogP contribution in [0.4, 0.5) is 5.69 Å². The number of benzene rings is 2. The molecule has 3 rings (SSSR count). The van der Waals surface area contributed by atoms with Crippen LogP contribution in [0, 0.1) is 20.8 Å². The SMILES string of the molecule is Cc1ccccc1CN1CCCN(CC(=O)N(C)CC(=O)Nc2c(C)cccc2C)CC1. The summed E-state index contributed by atoms with van der Waals surface area (Å²) in [5.41, 5.74) is 5.56. The predicted molar refractivity (Wildman–Crippen MR) is 130 cm³/mol. The highest BCUT2D eigenvalue weighted by molar-refractivity contribution is 5.95. The molecule has 2 amide bonds. The Morgan fingerprint density at radius 3 is 2.22 bits per heavy atom. The lowest BCUT2D eigenvalue weighted by molar-refractivity contribution is -0.134. The van der Waals surface area contributed by atoms with E-state index < -0.39 is 0 Å². The highest BCUT2D eigenvalue weighted by Gasteiger charge is 2.20. The van der Waals surface area contributed by atoms with Crippen LogP contribution in [0.5, 0.6) is 0 Å². The minimum absolute atomic E-state index is 0.0194. The number of carbonyl (C=O) groups excluding carboxylic acids is 2. The van der Waals surface area contributed by atoms with Crippen LogP contribution < -0.4 is 5.32 Å². The summed E-state index contributed by atoms with van der Waals surface area (Å²) in [6.45, 7) is 11.2. The van der Waals surface area contributed by atoms with Gasteiger partial charge in [-0.2, -0.15) is 0 Å². The molecule has 172 valence electrons. The molecule has 2 aromatic rings. The zero-order valence-electron chi connectivity index (χ0n) is 19.9. The van der Waals surface area contributed by atoms with Gasteiger partial charge in [-0.25, -0.2) is 0 Å². The smallest absolute Gasteiger partial charge is 0.243 e. The standard InChI is InChI=1S/C26H36N4O2/c1-20-9-5-6-12-23(20)17-29-13-8-14-30(16-15-29)19-25(32)28(4)18-24(31)27-26-21(2)10-7-11-22(26)3/h5-7,9-12H,8,13-19H2,1-4H3,(H,27,31). The lowest BCUT2D eigenvalue weighted by Crippen LogP contribution is -2.42. The van der Waals surface area contributed by atoms with Crippen LogP contribution in [0.15, 0.2) is 42.5 Å². The fourth-order valence-corrected chi connectivity index (χ4v) is 4.18. The van der Waals surface area contributed by atoms with E-state index in [9.17, 15) is 9.59 Å². The molecular formula is C26H36N4O2. The fourth-order valence-electron chi connectivity index (χ4n) is 4.18. The van der Waals surface area contributed by atoms with Crippen molar-refractivity contribution in [2.24, 2.45) is 0 Å². The van der Waals surface area contributed by atoms with Crippen LogP contribution in [0.25, 0.3) is 0 Å². The number of likely N-dealkylation sites (N-methyl/N-ethyl adjacent to an activating group) is 1. The van der Waals surface area contributed by atoms with Gasteiger partial charge >= 0.3 is 0 Å². The zero-order valence-corrected chi connectivity index (χ0v) is 19.9. The Balaban J connectivity index is 1.46. The maximum atomic E-state index is 12.8. The van der Waals surface area contributed by atoms with E-state index in [1.54, 1.807) is 7.05 Å². The maximum absolute atomic E-state index is 12.8. The van der Waals surface area contributed by atoms with Gasteiger partial charge in [0.25, 0.3) is 0 Å². The van der Waals surface area contributed by atoms with Crippen LogP contribution in [-0.2, 0) is 16.1 Å². The van der Waals surface area contributed by atoms with Crippen LogP contribution in [0.2, 0.25) is 0 Å². The molecule has 1 saturated heterocycles. The van der Waals surface area contributed by atoms with Gasteiger partial charge in [-0.1, -0.05) is 42.5 Å². The van der Waals surface area contributed by atoms with Crippen LogP contribution >= 0.6 is 0 Å². The Hall–Kier alpha value is -2.70. The fraction of sp³-hybridized carbons (Fsp3) is 0.462. The normalized spacial score (nSPS) is 15.2.